The molecule has 1 amide bonds. The summed E-state index contributed by atoms with van der Waals surface area (Å²) in [7, 11) is -2.33. The number of amides is 1. The summed E-state index contributed by atoms with van der Waals surface area (Å²) in [5.41, 5.74) is 1.15. The van der Waals surface area contributed by atoms with Gasteiger partial charge in [0.15, 0.2) is 0 Å². The van der Waals surface area contributed by atoms with E-state index in [2.05, 4.69) is 26.0 Å². The van der Waals surface area contributed by atoms with Gasteiger partial charge in [-0.15, -0.1) is 0 Å². The Bertz CT molecular complexity index is 900. The van der Waals surface area contributed by atoms with Crippen LogP contribution in [0.2, 0.25) is 0 Å². The van der Waals surface area contributed by atoms with E-state index in [1.54, 1.807) is 13.8 Å². The van der Waals surface area contributed by atoms with E-state index in [-0.39, 0.29) is 17.2 Å². The van der Waals surface area contributed by atoms with Crippen molar-refractivity contribution in [3.05, 3.63) is 52.5 Å². The van der Waals surface area contributed by atoms with Crippen LogP contribution in [0.3, 0.4) is 0 Å². The van der Waals surface area contributed by atoms with Crippen LogP contribution < -0.4 is 14.8 Å². The van der Waals surface area contributed by atoms with Crippen LogP contribution in [-0.4, -0.2) is 21.4 Å². The second kappa shape index (κ2) is 8.66. The third kappa shape index (κ3) is 5.06. The van der Waals surface area contributed by atoms with E-state index in [0.717, 1.165) is 10.0 Å². The van der Waals surface area contributed by atoms with Crippen LogP contribution in [0.5, 0.6) is 5.75 Å². The van der Waals surface area contributed by atoms with Gasteiger partial charge >= 0.3 is 0 Å². The number of anilines is 1. The van der Waals surface area contributed by atoms with Crippen molar-refractivity contribution in [1.82, 2.24) is 4.72 Å². The maximum Gasteiger partial charge on any atom is 0.241 e. The molecule has 0 saturated carbocycles. The lowest BCUT2D eigenvalue weighted by Gasteiger charge is -2.16. The van der Waals surface area contributed by atoms with Crippen molar-refractivity contribution in [3.8, 4) is 5.75 Å². The Hall–Kier alpha value is -1.90. The van der Waals surface area contributed by atoms with Gasteiger partial charge in [-0.25, -0.2) is 13.1 Å². The molecule has 2 rings (SSSR count). The second-order valence-electron chi connectivity index (χ2n) is 5.66. The maximum absolute atomic E-state index is 12.7. The standard InChI is InChI=1S/C18H21BrN2O4S/c1-4-18(22)20-16-11-15(8-9-17(16)25-3)26(23,24)21-12(2)13-6-5-7-14(19)10-13/h5-12,21H,4H2,1-3H3,(H,20,22). The zero-order valence-electron chi connectivity index (χ0n) is 14.7. The highest BCUT2D eigenvalue weighted by molar-refractivity contribution is 9.10. The van der Waals surface area contributed by atoms with Crippen LogP contribution in [0, 0.1) is 0 Å². The van der Waals surface area contributed by atoms with Crippen LogP contribution in [0.25, 0.3) is 0 Å². The number of hydrogen-bond donors (Lipinski definition) is 2. The zero-order chi connectivity index (χ0) is 19.3. The summed E-state index contributed by atoms with van der Waals surface area (Å²) in [5.74, 6) is 0.166. The number of carbonyl (C=O) groups excluding carboxylic acids is 1. The Kier molecular flexibility index (Phi) is 6.80. The normalized spacial score (nSPS) is 12.5. The van der Waals surface area contributed by atoms with Gasteiger partial charge in [-0.2, -0.15) is 0 Å². The number of hydrogen-bond acceptors (Lipinski definition) is 4. The highest BCUT2D eigenvalue weighted by Crippen LogP contribution is 2.28. The largest absolute Gasteiger partial charge is 0.495 e. The monoisotopic (exact) mass is 440 g/mol. The molecule has 8 heteroatoms. The minimum Gasteiger partial charge on any atom is -0.495 e. The van der Waals surface area contributed by atoms with E-state index in [1.165, 1.54) is 25.3 Å². The molecule has 0 aliphatic carbocycles. The van der Waals surface area contributed by atoms with E-state index in [9.17, 15) is 13.2 Å². The average molecular weight is 441 g/mol. The fourth-order valence-electron chi connectivity index (χ4n) is 2.34. The summed E-state index contributed by atoms with van der Waals surface area (Å²) in [4.78, 5) is 11.7. The van der Waals surface area contributed by atoms with Gasteiger partial charge in [-0.05, 0) is 42.8 Å². The molecule has 140 valence electrons. The predicted octanol–water partition coefficient (Wildman–Crippen LogP) is 3.85. The van der Waals surface area contributed by atoms with Crippen LogP contribution in [0.15, 0.2) is 51.8 Å². The molecule has 2 aromatic carbocycles. The molecule has 6 nitrogen and oxygen atoms in total. The number of rotatable bonds is 7. The van der Waals surface area contributed by atoms with E-state index in [4.69, 9.17) is 4.74 Å². The van der Waals surface area contributed by atoms with Crippen molar-refractivity contribution >= 4 is 37.5 Å². The second-order valence-corrected chi connectivity index (χ2v) is 8.29. The number of carbonyl (C=O) groups is 1. The van der Waals surface area contributed by atoms with Crippen molar-refractivity contribution < 1.29 is 17.9 Å². The van der Waals surface area contributed by atoms with Gasteiger partial charge in [-0.3, -0.25) is 4.79 Å². The van der Waals surface area contributed by atoms with Crippen molar-refractivity contribution in [1.29, 1.82) is 0 Å². The molecule has 2 N–H and O–H groups in total. The van der Waals surface area contributed by atoms with Gasteiger partial charge < -0.3 is 10.1 Å². The third-order valence-electron chi connectivity index (χ3n) is 3.76. The Morgan fingerprint density at radius 2 is 1.96 bits per heavy atom. The van der Waals surface area contributed by atoms with Crippen LogP contribution >= 0.6 is 15.9 Å². The fourth-order valence-corrected chi connectivity index (χ4v) is 4.01. The Morgan fingerprint density at radius 3 is 2.58 bits per heavy atom. The summed E-state index contributed by atoms with van der Waals surface area (Å²) in [6.45, 7) is 3.48. The number of nitrogens with one attached hydrogen (secondary N) is 2. The number of benzene rings is 2. The summed E-state index contributed by atoms with van der Waals surface area (Å²) in [6.07, 6.45) is 0.276. The number of ether oxygens (including phenoxy) is 1. The topological polar surface area (TPSA) is 84.5 Å². The first kappa shape index (κ1) is 20.4. The van der Waals surface area contributed by atoms with Gasteiger partial charge in [0, 0.05) is 16.9 Å². The van der Waals surface area contributed by atoms with E-state index < -0.39 is 16.1 Å². The first-order valence-electron chi connectivity index (χ1n) is 8.02. The molecular weight excluding hydrogens is 420 g/mol. The third-order valence-corrected chi connectivity index (χ3v) is 5.79. The van der Waals surface area contributed by atoms with Crippen molar-refractivity contribution in [3.63, 3.8) is 0 Å². The minimum absolute atomic E-state index is 0.0477. The lowest BCUT2D eigenvalue weighted by molar-refractivity contribution is -0.115. The maximum atomic E-state index is 12.7. The number of halogens is 1. The van der Waals surface area contributed by atoms with Gasteiger partial charge in [0.25, 0.3) is 0 Å². The molecule has 1 atom stereocenters. The lowest BCUT2D eigenvalue weighted by Crippen LogP contribution is -2.27. The van der Waals surface area contributed by atoms with E-state index in [0.29, 0.717) is 11.4 Å². The SMILES string of the molecule is CCC(=O)Nc1cc(S(=O)(=O)NC(C)c2cccc(Br)c2)ccc1OC. The molecule has 0 aliphatic rings. The molecule has 0 aromatic heterocycles. The first-order chi connectivity index (χ1) is 12.3. The first-order valence-corrected chi connectivity index (χ1v) is 10.3. The molecule has 0 bridgehead atoms. The Labute approximate surface area is 162 Å². The molecule has 0 saturated heterocycles. The lowest BCUT2D eigenvalue weighted by atomic mass is 10.1. The van der Waals surface area contributed by atoms with E-state index >= 15 is 0 Å². The van der Waals surface area contributed by atoms with Crippen LogP contribution in [0.4, 0.5) is 5.69 Å². The number of sulfonamides is 1. The van der Waals surface area contributed by atoms with Crippen molar-refractivity contribution in [2.24, 2.45) is 0 Å². The van der Waals surface area contributed by atoms with E-state index in [1.807, 2.05) is 24.3 Å². The fraction of sp³-hybridized carbons (Fsp3) is 0.278. The van der Waals surface area contributed by atoms with Crippen LogP contribution in [-0.2, 0) is 14.8 Å². The van der Waals surface area contributed by atoms with Crippen LogP contribution in [0.1, 0.15) is 31.9 Å². The molecule has 26 heavy (non-hydrogen) atoms. The molecule has 0 spiro atoms. The summed E-state index contributed by atoms with van der Waals surface area (Å²) >= 11 is 3.38. The van der Waals surface area contributed by atoms with Gasteiger partial charge in [0.2, 0.25) is 15.9 Å². The Balaban J connectivity index is 2.30. The smallest absolute Gasteiger partial charge is 0.241 e. The average Bonchev–Trinajstić information content (AvgIpc) is 2.61. The highest BCUT2D eigenvalue weighted by atomic mass is 79.9. The quantitative estimate of drug-likeness (QED) is 0.684. The molecule has 0 radical (unpaired) electrons. The molecule has 0 aliphatic heterocycles. The zero-order valence-corrected chi connectivity index (χ0v) is 17.1. The van der Waals surface area contributed by atoms with Gasteiger partial charge in [0.1, 0.15) is 5.75 Å². The van der Waals surface area contributed by atoms with Gasteiger partial charge in [0.05, 0.1) is 17.7 Å². The summed E-state index contributed by atoms with van der Waals surface area (Å²) in [5, 5.41) is 2.65. The summed E-state index contributed by atoms with van der Waals surface area (Å²) < 4.78 is 34.2. The molecule has 0 fully saturated rings. The van der Waals surface area contributed by atoms with Crippen molar-refractivity contribution in [2.45, 2.75) is 31.2 Å². The van der Waals surface area contributed by atoms with Crippen molar-refractivity contribution in [2.75, 3.05) is 12.4 Å². The minimum atomic E-state index is -3.78. The molecular formula is C18H21BrN2O4S. The number of methoxy groups -OCH3 is 1. The predicted molar refractivity (Wildman–Crippen MR) is 105 cm³/mol. The van der Waals surface area contributed by atoms with Gasteiger partial charge in [-0.1, -0.05) is 35.0 Å². The molecule has 1 unspecified atom stereocenters. The molecule has 0 heterocycles. The Morgan fingerprint density at radius 1 is 1.23 bits per heavy atom. The summed E-state index contributed by atoms with van der Waals surface area (Å²) in [6, 6.07) is 11.3. The molecule has 2 aromatic rings. The highest BCUT2D eigenvalue weighted by Gasteiger charge is 2.20.